The van der Waals surface area contributed by atoms with Gasteiger partial charge in [0.05, 0.1) is 12.8 Å². The van der Waals surface area contributed by atoms with Gasteiger partial charge in [-0.25, -0.2) is 0 Å². The number of benzene rings is 1. The number of aromatic nitrogens is 2. The van der Waals surface area contributed by atoms with Gasteiger partial charge in [0.2, 0.25) is 0 Å². The molecule has 2 N–H and O–H groups in total. The highest BCUT2D eigenvalue weighted by molar-refractivity contribution is 5.95. The maximum atomic E-state index is 12.5. The number of nitrogens with two attached hydrogens (primary N) is 1. The zero-order chi connectivity index (χ0) is 15.4. The van der Waals surface area contributed by atoms with Crippen LogP contribution in [0.1, 0.15) is 22.8 Å². The molecule has 0 aliphatic rings. The number of aryl methyl sites for hydroxylation is 1. The highest BCUT2D eigenvalue weighted by Gasteiger charge is 2.14. The fourth-order valence-electron chi connectivity index (χ4n) is 2.12. The van der Waals surface area contributed by atoms with Gasteiger partial charge in [-0.15, -0.1) is 0 Å². The minimum absolute atomic E-state index is 0.105. The molecular weight excluding hydrogens is 268 g/mol. The van der Waals surface area contributed by atoms with Gasteiger partial charge >= 0.3 is 0 Å². The zero-order valence-corrected chi connectivity index (χ0v) is 12.5. The number of nitrogens with zero attached hydrogens (tertiary/aromatic N) is 3. The van der Waals surface area contributed by atoms with E-state index in [0.29, 0.717) is 30.2 Å². The van der Waals surface area contributed by atoms with E-state index in [0.717, 1.165) is 5.56 Å². The van der Waals surface area contributed by atoms with Crippen LogP contribution in [0.3, 0.4) is 0 Å². The molecule has 112 valence electrons. The second kappa shape index (κ2) is 6.30. The molecule has 0 saturated heterocycles. The average molecular weight is 288 g/mol. The summed E-state index contributed by atoms with van der Waals surface area (Å²) < 4.78 is 7.12. The van der Waals surface area contributed by atoms with Crippen molar-refractivity contribution in [1.29, 1.82) is 0 Å². The Hall–Kier alpha value is -2.50. The van der Waals surface area contributed by atoms with Crippen molar-refractivity contribution in [3.8, 4) is 5.75 Å². The van der Waals surface area contributed by atoms with Gasteiger partial charge in [0.25, 0.3) is 5.91 Å². The van der Waals surface area contributed by atoms with Crippen LogP contribution in [0.2, 0.25) is 0 Å². The van der Waals surface area contributed by atoms with Gasteiger partial charge in [-0.2, -0.15) is 5.10 Å². The van der Waals surface area contributed by atoms with E-state index in [2.05, 4.69) is 5.10 Å². The van der Waals surface area contributed by atoms with Crippen molar-refractivity contribution < 1.29 is 9.53 Å². The highest BCUT2D eigenvalue weighted by Crippen LogP contribution is 2.20. The Morgan fingerprint density at radius 3 is 2.81 bits per heavy atom. The van der Waals surface area contributed by atoms with E-state index in [9.17, 15) is 4.79 Å². The third kappa shape index (κ3) is 3.75. The minimum atomic E-state index is -0.105. The van der Waals surface area contributed by atoms with Crippen LogP contribution in [0, 0.1) is 0 Å². The smallest absolute Gasteiger partial charge is 0.254 e. The third-order valence-electron chi connectivity index (χ3n) is 3.01. The highest BCUT2D eigenvalue weighted by atomic mass is 16.5. The maximum Gasteiger partial charge on any atom is 0.254 e. The van der Waals surface area contributed by atoms with Crippen molar-refractivity contribution in [2.75, 3.05) is 19.4 Å². The number of carbonyl (C=O) groups is 1. The SMILES string of the molecule is CCOc1cc(N)cc(C(=O)N(C)Cc2cnn(C)c2)c1. The molecule has 6 heteroatoms. The summed E-state index contributed by atoms with van der Waals surface area (Å²) in [6.45, 7) is 2.91. The van der Waals surface area contributed by atoms with Gasteiger partial charge in [-0.05, 0) is 19.1 Å². The molecule has 0 atom stereocenters. The standard InChI is InChI=1S/C15H20N4O2/c1-4-21-14-6-12(5-13(16)7-14)15(20)18(2)9-11-8-17-19(3)10-11/h5-8,10H,4,9,16H2,1-3H3. The first-order valence-corrected chi connectivity index (χ1v) is 6.76. The quantitative estimate of drug-likeness (QED) is 0.849. The van der Waals surface area contributed by atoms with E-state index >= 15 is 0 Å². The fourth-order valence-corrected chi connectivity index (χ4v) is 2.12. The second-order valence-electron chi connectivity index (χ2n) is 4.91. The topological polar surface area (TPSA) is 73.4 Å². The Morgan fingerprint density at radius 1 is 1.43 bits per heavy atom. The molecule has 0 aliphatic heterocycles. The van der Waals surface area contributed by atoms with Crippen LogP contribution in [0.4, 0.5) is 5.69 Å². The first kappa shape index (κ1) is 14.9. The molecule has 0 unspecified atom stereocenters. The van der Waals surface area contributed by atoms with E-state index in [4.69, 9.17) is 10.5 Å². The van der Waals surface area contributed by atoms with E-state index in [1.807, 2.05) is 20.2 Å². The lowest BCUT2D eigenvalue weighted by Gasteiger charge is -2.17. The number of anilines is 1. The molecule has 1 aromatic carbocycles. The van der Waals surface area contributed by atoms with Crippen LogP contribution in [-0.4, -0.2) is 34.2 Å². The summed E-state index contributed by atoms with van der Waals surface area (Å²) in [5.74, 6) is 0.503. The summed E-state index contributed by atoms with van der Waals surface area (Å²) in [7, 11) is 3.59. The predicted molar refractivity (Wildman–Crippen MR) is 81.0 cm³/mol. The van der Waals surface area contributed by atoms with Gasteiger partial charge in [0.15, 0.2) is 0 Å². The summed E-state index contributed by atoms with van der Waals surface area (Å²) >= 11 is 0. The molecule has 0 bridgehead atoms. The average Bonchev–Trinajstić information content (AvgIpc) is 2.83. The molecule has 0 spiro atoms. The lowest BCUT2D eigenvalue weighted by Crippen LogP contribution is -2.26. The Morgan fingerprint density at radius 2 is 2.19 bits per heavy atom. The van der Waals surface area contributed by atoms with Crippen LogP contribution in [0.15, 0.2) is 30.6 Å². The summed E-state index contributed by atoms with van der Waals surface area (Å²) in [6.07, 6.45) is 3.63. The lowest BCUT2D eigenvalue weighted by atomic mass is 10.1. The van der Waals surface area contributed by atoms with Gasteiger partial charge in [-0.3, -0.25) is 9.48 Å². The van der Waals surface area contributed by atoms with Crippen molar-refractivity contribution in [2.24, 2.45) is 7.05 Å². The molecule has 1 amide bonds. The molecule has 1 heterocycles. The molecular formula is C15H20N4O2. The number of hydrogen-bond acceptors (Lipinski definition) is 4. The van der Waals surface area contributed by atoms with Crippen LogP contribution in [-0.2, 0) is 13.6 Å². The predicted octanol–water partition coefficient (Wildman–Crippen LogP) is 1.67. The van der Waals surface area contributed by atoms with Gasteiger partial charge in [0.1, 0.15) is 5.75 Å². The van der Waals surface area contributed by atoms with Crippen molar-refractivity contribution in [2.45, 2.75) is 13.5 Å². The Labute approximate surface area is 124 Å². The normalized spacial score (nSPS) is 10.4. The van der Waals surface area contributed by atoms with E-state index in [1.54, 1.807) is 41.0 Å². The van der Waals surface area contributed by atoms with Gasteiger partial charge in [0, 0.05) is 49.7 Å². The molecule has 21 heavy (non-hydrogen) atoms. The maximum absolute atomic E-state index is 12.5. The number of rotatable bonds is 5. The van der Waals surface area contributed by atoms with Crippen molar-refractivity contribution in [3.63, 3.8) is 0 Å². The van der Waals surface area contributed by atoms with Gasteiger partial charge < -0.3 is 15.4 Å². The Kier molecular flexibility index (Phi) is 4.47. The first-order chi connectivity index (χ1) is 9.99. The number of carbonyl (C=O) groups excluding carboxylic acids is 1. The number of ether oxygens (including phenoxy) is 1. The summed E-state index contributed by atoms with van der Waals surface area (Å²) in [5, 5.41) is 4.09. The zero-order valence-electron chi connectivity index (χ0n) is 12.5. The number of nitrogen functional groups attached to an aromatic ring is 1. The van der Waals surface area contributed by atoms with Gasteiger partial charge in [-0.1, -0.05) is 0 Å². The number of amides is 1. The Balaban J connectivity index is 2.14. The lowest BCUT2D eigenvalue weighted by molar-refractivity contribution is 0.0784. The molecule has 0 saturated carbocycles. The van der Waals surface area contributed by atoms with E-state index in [1.165, 1.54) is 0 Å². The van der Waals surface area contributed by atoms with E-state index < -0.39 is 0 Å². The monoisotopic (exact) mass is 288 g/mol. The third-order valence-corrected chi connectivity index (χ3v) is 3.01. The van der Waals surface area contributed by atoms with Crippen LogP contribution >= 0.6 is 0 Å². The largest absolute Gasteiger partial charge is 0.494 e. The molecule has 6 nitrogen and oxygen atoms in total. The van der Waals surface area contributed by atoms with Crippen LogP contribution < -0.4 is 10.5 Å². The first-order valence-electron chi connectivity index (χ1n) is 6.76. The van der Waals surface area contributed by atoms with Crippen molar-refractivity contribution >= 4 is 11.6 Å². The molecule has 0 fully saturated rings. The summed E-state index contributed by atoms with van der Waals surface area (Å²) in [6, 6.07) is 5.08. The van der Waals surface area contributed by atoms with Crippen LogP contribution in [0.5, 0.6) is 5.75 Å². The Bertz CT molecular complexity index is 636. The molecule has 2 aromatic rings. The fraction of sp³-hybridized carbons (Fsp3) is 0.333. The van der Waals surface area contributed by atoms with Crippen molar-refractivity contribution in [3.05, 3.63) is 41.7 Å². The summed E-state index contributed by atoms with van der Waals surface area (Å²) in [5.41, 5.74) is 7.83. The summed E-state index contributed by atoms with van der Waals surface area (Å²) in [4.78, 5) is 14.1. The van der Waals surface area contributed by atoms with Crippen LogP contribution in [0.25, 0.3) is 0 Å². The second-order valence-corrected chi connectivity index (χ2v) is 4.91. The van der Waals surface area contributed by atoms with Crippen molar-refractivity contribution in [1.82, 2.24) is 14.7 Å². The molecule has 2 rings (SSSR count). The molecule has 0 radical (unpaired) electrons. The molecule has 0 aliphatic carbocycles. The van der Waals surface area contributed by atoms with E-state index in [-0.39, 0.29) is 5.91 Å². The molecule has 1 aromatic heterocycles. The minimum Gasteiger partial charge on any atom is -0.494 e. The number of hydrogen-bond donors (Lipinski definition) is 1.